The third kappa shape index (κ3) is 9.93. The lowest BCUT2D eigenvalue weighted by Crippen LogP contribution is -2.30. The molecule has 0 saturated heterocycles. The molecule has 0 aromatic carbocycles. The van der Waals surface area contributed by atoms with Crippen molar-refractivity contribution in [1.82, 2.24) is 0 Å². The van der Waals surface area contributed by atoms with Gasteiger partial charge in [-0.15, -0.1) is 0 Å². The summed E-state index contributed by atoms with van der Waals surface area (Å²) in [7, 11) is 3.74. The van der Waals surface area contributed by atoms with E-state index in [0.29, 0.717) is 0 Å². The zero-order valence-electron chi connectivity index (χ0n) is 9.85. The number of hydrogen-bond acceptors (Lipinski definition) is 3. The highest BCUT2D eigenvalue weighted by Gasteiger charge is 2.29. The second kappa shape index (κ2) is 5.15. The molecule has 0 aliphatic rings. The predicted octanol–water partition coefficient (Wildman–Crippen LogP) is 4.48. The molecule has 0 amide bonds. The van der Waals surface area contributed by atoms with Gasteiger partial charge in [-0.3, -0.25) is 0 Å². The van der Waals surface area contributed by atoms with Gasteiger partial charge in [-0.25, -0.2) is 0 Å². The van der Waals surface area contributed by atoms with Crippen molar-refractivity contribution in [2.45, 2.75) is 61.1 Å². The molecule has 4 heteroatoms. The quantitative estimate of drug-likeness (QED) is 0.449. The lowest BCUT2D eigenvalue weighted by molar-refractivity contribution is 0.0631. The van der Waals surface area contributed by atoms with Gasteiger partial charge >= 0.3 is 0 Å². The van der Waals surface area contributed by atoms with E-state index in [1.165, 1.54) is 0 Å². The molecule has 0 heterocycles. The first-order chi connectivity index (χ1) is 5.91. The molecule has 1 nitrogen and oxygen atoms in total. The van der Waals surface area contributed by atoms with Gasteiger partial charge in [-0.1, -0.05) is 44.2 Å². The van der Waals surface area contributed by atoms with E-state index in [1.54, 1.807) is 0 Å². The van der Waals surface area contributed by atoms with Gasteiger partial charge in [0.1, 0.15) is 0 Å². The Morgan fingerprint density at radius 3 is 1.71 bits per heavy atom. The van der Waals surface area contributed by atoms with Gasteiger partial charge < -0.3 is 5.11 Å². The van der Waals surface area contributed by atoms with Crippen LogP contribution in [0.2, 0.25) is 0 Å². The van der Waals surface area contributed by atoms with E-state index in [2.05, 4.69) is 50.3 Å². The van der Waals surface area contributed by atoms with Crippen LogP contribution in [0.15, 0.2) is 0 Å². The van der Waals surface area contributed by atoms with Crippen LogP contribution in [0, 0.1) is 0 Å². The van der Waals surface area contributed by atoms with Crippen LogP contribution in [0.4, 0.5) is 0 Å². The maximum atomic E-state index is 9.76. The second-order valence-corrected chi connectivity index (χ2v) is 12.2. The van der Waals surface area contributed by atoms with Crippen molar-refractivity contribution >= 4 is 44.2 Å². The predicted molar refractivity (Wildman–Crippen MR) is 78.3 cm³/mol. The Balaban J connectivity index is 4.09. The molecule has 0 rings (SSSR count). The van der Waals surface area contributed by atoms with E-state index in [1.807, 2.05) is 35.4 Å². The summed E-state index contributed by atoms with van der Waals surface area (Å²) in [5.41, 5.74) is -0.577. The monoisotopic (exact) mass is 348 g/mol. The summed E-state index contributed by atoms with van der Waals surface area (Å²) < 4.78 is 0.366. The Bertz CT molecular complexity index is 180. The zero-order valence-corrected chi connectivity index (χ0v) is 13.6. The minimum atomic E-state index is -0.577. The minimum absolute atomic E-state index is 0.116. The Morgan fingerprint density at radius 2 is 1.43 bits per heavy atom. The molecule has 0 bridgehead atoms. The van der Waals surface area contributed by atoms with Gasteiger partial charge in [0.2, 0.25) is 0 Å². The van der Waals surface area contributed by atoms with Crippen molar-refractivity contribution in [3.8, 4) is 0 Å². The van der Waals surface area contributed by atoms with Crippen molar-refractivity contribution in [3.63, 3.8) is 0 Å². The van der Waals surface area contributed by atoms with E-state index >= 15 is 0 Å². The summed E-state index contributed by atoms with van der Waals surface area (Å²) in [4.78, 5) is 0. The molecule has 0 saturated carbocycles. The molecule has 0 spiro atoms. The first-order valence-corrected chi connectivity index (χ1v) is 7.92. The van der Waals surface area contributed by atoms with Crippen LogP contribution in [0.5, 0.6) is 0 Å². The highest BCUT2D eigenvalue weighted by molar-refractivity contribution is 14.1. The van der Waals surface area contributed by atoms with Crippen molar-refractivity contribution in [1.29, 1.82) is 0 Å². The summed E-state index contributed by atoms with van der Waals surface area (Å²) in [6, 6.07) is 0. The third-order valence-electron chi connectivity index (χ3n) is 1.32. The maximum Gasteiger partial charge on any atom is 0.0720 e. The van der Waals surface area contributed by atoms with Gasteiger partial charge in [0.15, 0.2) is 0 Å². The Labute approximate surface area is 110 Å². The fourth-order valence-corrected chi connectivity index (χ4v) is 4.38. The smallest absolute Gasteiger partial charge is 0.0720 e. The summed E-state index contributed by atoms with van der Waals surface area (Å²) in [5.74, 6) is 0. The van der Waals surface area contributed by atoms with Crippen molar-refractivity contribution < 1.29 is 5.11 Å². The van der Waals surface area contributed by atoms with Gasteiger partial charge in [-0.05, 0) is 48.0 Å². The molecule has 0 atom stereocenters. The van der Waals surface area contributed by atoms with Crippen molar-refractivity contribution in [2.24, 2.45) is 0 Å². The molecule has 0 fully saturated rings. The first-order valence-electron chi connectivity index (χ1n) is 4.69. The lowest BCUT2D eigenvalue weighted by Gasteiger charge is -2.32. The average Bonchev–Trinajstić information content (AvgIpc) is 1.76. The molecule has 14 heavy (non-hydrogen) atoms. The summed E-state index contributed by atoms with van der Waals surface area (Å²) in [5, 5.41) is 9.76. The maximum absolute atomic E-state index is 9.76. The minimum Gasteiger partial charge on any atom is -0.390 e. The normalized spacial score (nSPS) is 14.6. The number of halogens is 1. The molecular formula is C10H21IOS2. The first kappa shape index (κ1) is 15.4. The highest BCUT2D eigenvalue weighted by atomic mass is 127. The Kier molecular flexibility index (Phi) is 5.66. The number of rotatable bonds is 5. The zero-order chi connectivity index (χ0) is 11.6. The van der Waals surface area contributed by atoms with Crippen LogP contribution in [0.25, 0.3) is 0 Å². The van der Waals surface area contributed by atoms with Gasteiger partial charge in [-0.2, -0.15) is 0 Å². The van der Waals surface area contributed by atoms with Gasteiger partial charge in [0, 0.05) is 4.75 Å². The Hall–Kier alpha value is 1.39. The SMILES string of the molecule is CC(C)(O)CC(C)(C)SSC(C)(C)I. The van der Waals surface area contributed by atoms with Crippen molar-refractivity contribution in [2.75, 3.05) is 0 Å². The topological polar surface area (TPSA) is 20.2 Å². The Morgan fingerprint density at radius 1 is 1.00 bits per heavy atom. The fourth-order valence-electron chi connectivity index (χ4n) is 1.28. The van der Waals surface area contributed by atoms with E-state index in [-0.39, 0.29) is 7.50 Å². The number of hydrogen-bond donors (Lipinski definition) is 1. The molecule has 0 aliphatic carbocycles. The standard InChI is InChI=1S/C10H21IOS2/c1-8(2,12)7-9(3,4)13-14-10(5,6)11/h12H,7H2,1-6H3. The summed E-state index contributed by atoms with van der Waals surface area (Å²) >= 11 is 2.43. The van der Waals surface area contributed by atoms with E-state index in [4.69, 9.17) is 0 Å². The van der Waals surface area contributed by atoms with Gasteiger partial charge in [0.25, 0.3) is 0 Å². The molecule has 0 aromatic rings. The van der Waals surface area contributed by atoms with Crippen molar-refractivity contribution in [3.05, 3.63) is 0 Å². The summed E-state index contributed by atoms with van der Waals surface area (Å²) in [6.07, 6.45) is 0.810. The van der Waals surface area contributed by atoms with Crippen LogP contribution in [-0.4, -0.2) is 18.2 Å². The van der Waals surface area contributed by atoms with Crippen LogP contribution in [-0.2, 0) is 0 Å². The van der Waals surface area contributed by atoms with Crippen LogP contribution in [0.3, 0.4) is 0 Å². The molecule has 0 aliphatic heterocycles. The van der Waals surface area contributed by atoms with E-state index in [9.17, 15) is 5.11 Å². The molecule has 0 unspecified atom stereocenters. The highest BCUT2D eigenvalue weighted by Crippen LogP contribution is 2.48. The summed E-state index contributed by atoms with van der Waals surface area (Å²) in [6.45, 7) is 12.5. The van der Waals surface area contributed by atoms with Crippen LogP contribution >= 0.6 is 44.2 Å². The number of aliphatic hydroxyl groups is 1. The largest absolute Gasteiger partial charge is 0.390 e. The average molecular weight is 348 g/mol. The van der Waals surface area contributed by atoms with Gasteiger partial charge in [0.05, 0.1) is 8.35 Å². The second-order valence-electron chi connectivity index (χ2n) is 5.28. The molecule has 0 radical (unpaired) electrons. The fraction of sp³-hybridized carbons (Fsp3) is 1.00. The molecule has 1 N–H and O–H groups in total. The molecule has 86 valence electrons. The van der Waals surface area contributed by atoms with E-state index in [0.717, 1.165) is 6.42 Å². The lowest BCUT2D eigenvalue weighted by atomic mass is 9.96. The van der Waals surface area contributed by atoms with Crippen LogP contribution < -0.4 is 0 Å². The molecular weight excluding hydrogens is 327 g/mol. The third-order valence-corrected chi connectivity index (χ3v) is 6.81. The van der Waals surface area contributed by atoms with E-state index < -0.39 is 5.60 Å². The number of alkyl halides is 1. The molecule has 0 aromatic heterocycles. The van der Waals surface area contributed by atoms with Crippen LogP contribution in [0.1, 0.15) is 48.0 Å².